The molecular formula is C13H21BrN2O. The minimum Gasteiger partial charge on any atom is -0.467 e. The van der Waals surface area contributed by atoms with Crippen LogP contribution in [0.1, 0.15) is 25.5 Å². The normalized spacial score (nSPS) is 20.6. The van der Waals surface area contributed by atoms with Crippen molar-refractivity contribution in [1.29, 1.82) is 0 Å². The average Bonchev–Trinajstić information content (AvgIpc) is 2.70. The van der Waals surface area contributed by atoms with Crippen molar-refractivity contribution in [3.8, 4) is 0 Å². The van der Waals surface area contributed by atoms with Crippen LogP contribution in [-0.2, 0) is 6.54 Å². The summed E-state index contributed by atoms with van der Waals surface area (Å²) in [5.41, 5.74) is 0.436. The van der Waals surface area contributed by atoms with Crippen molar-refractivity contribution in [3.05, 3.63) is 22.6 Å². The van der Waals surface area contributed by atoms with Gasteiger partial charge in [-0.2, -0.15) is 0 Å². The predicted octanol–water partition coefficient (Wildman–Crippen LogP) is 2.86. The maximum absolute atomic E-state index is 5.39. The summed E-state index contributed by atoms with van der Waals surface area (Å²) >= 11 is 3.47. The molecule has 0 amide bonds. The van der Waals surface area contributed by atoms with Crippen molar-refractivity contribution < 1.29 is 4.42 Å². The molecule has 0 unspecified atom stereocenters. The lowest BCUT2D eigenvalue weighted by Crippen LogP contribution is -2.41. The Morgan fingerprint density at radius 2 is 2.18 bits per heavy atom. The van der Waals surface area contributed by atoms with Crippen LogP contribution >= 0.6 is 15.9 Å². The summed E-state index contributed by atoms with van der Waals surface area (Å²) in [6.07, 6.45) is 4.27. The predicted molar refractivity (Wildman–Crippen MR) is 73.0 cm³/mol. The molecule has 1 saturated heterocycles. The van der Waals surface area contributed by atoms with Crippen LogP contribution in [0.15, 0.2) is 21.2 Å². The van der Waals surface area contributed by atoms with Crippen LogP contribution in [0.3, 0.4) is 0 Å². The summed E-state index contributed by atoms with van der Waals surface area (Å²) in [6.45, 7) is 6.67. The molecule has 0 radical (unpaired) electrons. The summed E-state index contributed by atoms with van der Waals surface area (Å²) in [5, 5.41) is 3.51. The lowest BCUT2D eigenvalue weighted by Gasteiger charge is -2.38. The highest BCUT2D eigenvalue weighted by atomic mass is 79.9. The molecule has 1 aromatic heterocycles. The van der Waals surface area contributed by atoms with E-state index in [9.17, 15) is 0 Å². The van der Waals surface area contributed by atoms with E-state index in [1.165, 1.54) is 25.9 Å². The zero-order chi connectivity index (χ0) is 12.3. The van der Waals surface area contributed by atoms with Gasteiger partial charge in [0.15, 0.2) is 0 Å². The van der Waals surface area contributed by atoms with Crippen LogP contribution in [-0.4, -0.2) is 31.6 Å². The first-order valence-electron chi connectivity index (χ1n) is 6.20. The third kappa shape index (κ3) is 3.57. The van der Waals surface area contributed by atoms with E-state index in [2.05, 4.69) is 40.1 Å². The number of hydrogen-bond donors (Lipinski definition) is 1. The van der Waals surface area contributed by atoms with Gasteiger partial charge in [0.25, 0.3) is 0 Å². The second-order valence-corrected chi connectivity index (χ2v) is 6.26. The largest absolute Gasteiger partial charge is 0.467 e. The number of nitrogens with one attached hydrogen (secondary N) is 1. The molecule has 0 atom stereocenters. The highest BCUT2D eigenvalue weighted by Gasteiger charge is 2.28. The Morgan fingerprint density at radius 1 is 1.47 bits per heavy atom. The summed E-state index contributed by atoms with van der Waals surface area (Å²) in [4.78, 5) is 2.41. The van der Waals surface area contributed by atoms with Crippen molar-refractivity contribution in [2.24, 2.45) is 5.41 Å². The van der Waals surface area contributed by atoms with E-state index in [1.807, 2.05) is 6.07 Å². The third-order valence-electron chi connectivity index (χ3n) is 3.72. The number of likely N-dealkylation sites (tertiary alicyclic amines) is 1. The summed E-state index contributed by atoms with van der Waals surface area (Å²) in [7, 11) is 2.20. The smallest absolute Gasteiger partial charge is 0.131 e. The molecule has 1 N–H and O–H groups in total. The van der Waals surface area contributed by atoms with E-state index < -0.39 is 0 Å². The van der Waals surface area contributed by atoms with Crippen molar-refractivity contribution >= 4 is 15.9 Å². The molecule has 1 aromatic rings. The molecular weight excluding hydrogens is 280 g/mol. The fourth-order valence-corrected chi connectivity index (χ4v) is 2.61. The molecule has 17 heavy (non-hydrogen) atoms. The second kappa shape index (κ2) is 5.55. The Bertz CT molecular complexity index is 356. The van der Waals surface area contributed by atoms with Crippen molar-refractivity contribution in [1.82, 2.24) is 10.2 Å². The van der Waals surface area contributed by atoms with Gasteiger partial charge in [0, 0.05) is 6.54 Å². The maximum Gasteiger partial charge on any atom is 0.131 e. The van der Waals surface area contributed by atoms with Crippen molar-refractivity contribution in [2.75, 3.05) is 26.7 Å². The molecule has 1 aliphatic heterocycles. The van der Waals surface area contributed by atoms with Crippen molar-refractivity contribution in [3.63, 3.8) is 0 Å². The van der Waals surface area contributed by atoms with E-state index in [0.717, 1.165) is 23.3 Å². The van der Waals surface area contributed by atoms with Crippen LogP contribution in [0.5, 0.6) is 0 Å². The number of rotatable bonds is 4. The van der Waals surface area contributed by atoms with E-state index in [0.29, 0.717) is 5.41 Å². The molecule has 0 aliphatic carbocycles. The quantitative estimate of drug-likeness (QED) is 0.927. The van der Waals surface area contributed by atoms with Gasteiger partial charge < -0.3 is 14.6 Å². The Kier molecular flexibility index (Phi) is 4.28. The van der Waals surface area contributed by atoms with Crippen LogP contribution in [0.2, 0.25) is 0 Å². The Hall–Kier alpha value is -0.320. The zero-order valence-corrected chi connectivity index (χ0v) is 12.2. The lowest BCUT2D eigenvalue weighted by atomic mass is 9.80. The van der Waals surface area contributed by atoms with Crippen LogP contribution in [0, 0.1) is 5.41 Å². The topological polar surface area (TPSA) is 28.4 Å². The molecule has 4 heteroatoms. The number of nitrogens with zero attached hydrogens (tertiary/aromatic N) is 1. The molecule has 0 spiro atoms. The highest BCUT2D eigenvalue weighted by Crippen LogP contribution is 2.29. The monoisotopic (exact) mass is 300 g/mol. The zero-order valence-electron chi connectivity index (χ0n) is 10.6. The first-order chi connectivity index (χ1) is 8.09. The van der Waals surface area contributed by atoms with Crippen LogP contribution in [0.25, 0.3) is 0 Å². The first kappa shape index (κ1) is 13.1. The Balaban J connectivity index is 1.76. The number of halogens is 1. The minimum absolute atomic E-state index is 0.436. The summed E-state index contributed by atoms with van der Waals surface area (Å²) < 4.78 is 6.44. The van der Waals surface area contributed by atoms with Gasteiger partial charge >= 0.3 is 0 Å². The molecule has 2 heterocycles. The molecule has 96 valence electrons. The maximum atomic E-state index is 5.39. The molecule has 2 rings (SSSR count). The molecule has 1 aliphatic rings. The van der Waals surface area contributed by atoms with Gasteiger partial charge in [-0.3, -0.25) is 0 Å². The fourth-order valence-electron chi connectivity index (χ4n) is 2.26. The van der Waals surface area contributed by atoms with E-state index >= 15 is 0 Å². The van der Waals surface area contributed by atoms with Gasteiger partial charge in [0.2, 0.25) is 0 Å². The number of furan rings is 1. The van der Waals surface area contributed by atoms with Gasteiger partial charge in [0.1, 0.15) is 5.76 Å². The second-order valence-electron chi connectivity index (χ2n) is 5.41. The SMILES string of the molecule is CN1CCC(C)(CNCc2occc2Br)CC1. The number of piperidine rings is 1. The fraction of sp³-hybridized carbons (Fsp3) is 0.692. The van der Waals surface area contributed by atoms with Gasteiger partial charge in [-0.1, -0.05) is 6.92 Å². The van der Waals surface area contributed by atoms with Crippen LogP contribution in [0.4, 0.5) is 0 Å². The Morgan fingerprint density at radius 3 is 2.76 bits per heavy atom. The molecule has 0 aromatic carbocycles. The van der Waals surface area contributed by atoms with E-state index in [4.69, 9.17) is 4.42 Å². The van der Waals surface area contributed by atoms with Gasteiger partial charge in [-0.25, -0.2) is 0 Å². The molecule has 0 saturated carbocycles. The van der Waals surface area contributed by atoms with Gasteiger partial charge in [-0.15, -0.1) is 0 Å². The standard InChI is InChI=1S/C13H21BrN2O/c1-13(4-6-16(2)7-5-13)10-15-9-12-11(14)3-8-17-12/h3,8,15H,4-7,9-10H2,1-2H3. The van der Waals surface area contributed by atoms with Crippen LogP contribution < -0.4 is 5.32 Å². The third-order valence-corrected chi connectivity index (χ3v) is 4.43. The minimum atomic E-state index is 0.436. The lowest BCUT2D eigenvalue weighted by molar-refractivity contribution is 0.136. The van der Waals surface area contributed by atoms with E-state index in [-0.39, 0.29) is 0 Å². The molecule has 3 nitrogen and oxygen atoms in total. The first-order valence-corrected chi connectivity index (χ1v) is 6.99. The van der Waals surface area contributed by atoms with Gasteiger partial charge in [-0.05, 0) is 60.4 Å². The molecule has 1 fully saturated rings. The molecule has 0 bridgehead atoms. The average molecular weight is 301 g/mol. The number of hydrogen-bond acceptors (Lipinski definition) is 3. The Labute approximate surface area is 112 Å². The highest BCUT2D eigenvalue weighted by molar-refractivity contribution is 9.10. The van der Waals surface area contributed by atoms with E-state index in [1.54, 1.807) is 6.26 Å². The van der Waals surface area contributed by atoms with Crippen molar-refractivity contribution in [2.45, 2.75) is 26.3 Å². The summed E-state index contributed by atoms with van der Waals surface area (Å²) in [5.74, 6) is 0.988. The summed E-state index contributed by atoms with van der Waals surface area (Å²) in [6, 6.07) is 1.94. The van der Waals surface area contributed by atoms with Gasteiger partial charge in [0.05, 0.1) is 17.3 Å².